The van der Waals surface area contributed by atoms with Crippen LogP contribution in [0.2, 0.25) is 0 Å². The zero-order valence-corrected chi connectivity index (χ0v) is 15.8. The third-order valence-corrected chi connectivity index (χ3v) is 5.28. The molecule has 0 saturated heterocycles. The van der Waals surface area contributed by atoms with Gasteiger partial charge >= 0.3 is 0 Å². The lowest BCUT2D eigenvalue weighted by molar-refractivity contribution is -0.116. The molecule has 0 bridgehead atoms. The molecule has 1 atom stereocenters. The van der Waals surface area contributed by atoms with Gasteiger partial charge in [-0.2, -0.15) is 0 Å². The van der Waals surface area contributed by atoms with Crippen LogP contribution in [0.4, 0.5) is 0 Å². The van der Waals surface area contributed by atoms with Crippen molar-refractivity contribution in [2.24, 2.45) is 0 Å². The Bertz CT molecular complexity index is 841. The fourth-order valence-corrected chi connectivity index (χ4v) is 3.05. The minimum atomic E-state index is -3.46. The Hall–Kier alpha value is -2.42. The Labute approximate surface area is 153 Å². The topological polar surface area (TPSA) is 91.6 Å². The summed E-state index contributed by atoms with van der Waals surface area (Å²) in [6.45, 7) is 0.406. The van der Waals surface area contributed by atoms with Gasteiger partial charge in [0, 0.05) is 12.6 Å². The summed E-state index contributed by atoms with van der Waals surface area (Å²) in [5, 5.41) is 2.83. The van der Waals surface area contributed by atoms with E-state index in [1.54, 1.807) is 24.5 Å². The molecule has 0 radical (unpaired) electrons. The Morgan fingerprint density at radius 1 is 1.23 bits per heavy atom. The number of hydrogen-bond donors (Lipinski definition) is 2. The molecule has 2 aromatic rings. The van der Waals surface area contributed by atoms with Gasteiger partial charge in [0.1, 0.15) is 5.76 Å². The first kappa shape index (κ1) is 19.9. The largest absolute Gasteiger partial charge is 0.468 e. The summed E-state index contributed by atoms with van der Waals surface area (Å²) in [5.41, 5.74) is 0.727. The summed E-state index contributed by atoms with van der Waals surface area (Å²) >= 11 is 0. The first-order valence-electron chi connectivity index (χ1n) is 8.03. The van der Waals surface area contributed by atoms with Gasteiger partial charge in [-0.05, 0) is 57.0 Å². The summed E-state index contributed by atoms with van der Waals surface area (Å²) in [6.07, 6.45) is 4.64. The van der Waals surface area contributed by atoms with Crippen LogP contribution >= 0.6 is 0 Å². The highest BCUT2D eigenvalue weighted by molar-refractivity contribution is 7.89. The number of sulfonamides is 1. The first-order chi connectivity index (χ1) is 12.3. The quantitative estimate of drug-likeness (QED) is 0.682. The number of carbonyl (C=O) groups excluding carboxylic acids is 1. The number of furan rings is 1. The minimum Gasteiger partial charge on any atom is -0.468 e. The van der Waals surface area contributed by atoms with E-state index in [0.717, 1.165) is 11.3 Å². The molecule has 0 fully saturated rings. The fraction of sp³-hybridized carbons (Fsp3) is 0.278. The number of amides is 1. The van der Waals surface area contributed by atoms with Crippen LogP contribution in [0.5, 0.6) is 0 Å². The van der Waals surface area contributed by atoms with E-state index in [-0.39, 0.29) is 16.8 Å². The van der Waals surface area contributed by atoms with Gasteiger partial charge in [-0.25, -0.2) is 13.1 Å². The van der Waals surface area contributed by atoms with Crippen LogP contribution < -0.4 is 10.0 Å². The molecule has 0 aliphatic carbocycles. The van der Waals surface area contributed by atoms with Crippen molar-refractivity contribution < 1.29 is 17.6 Å². The number of hydrogen-bond acceptors (Lipinski definition) is 5. The molecule has 7 nitrogen and oxygen atoms in total. The number of carbonyl (C=O) groups is 1. The van der Waals surface area contributed by atoms with Gasteiger partial charge in [0.25, 0.3) is 0 Å². The second kappa shape index (κ2) is 8.79. The summed E-state index contributed by atoms with van der Waals surface area (Å²) in [4.78, 5) is 14.2. The van der Waals surface area contributed by atoms with E-state index in [1.165, 1.54) is 25.3 Å². The monoisotopic (exact) mass is 377 g/mol. The molecule has 0 aliphatic heterocycles. The van der Waals surface area contributed by atoms with Gasteiger partial charge in [0.05, 0.1) is 17.2 Å². The summed E-state index contributed by atoms with van der Waals surface area (Å²) in [7, 11) is 1.72. The zero-order chi connectivity index (χ0) is 19.2. The highest BCUT2D eigenvalue weighted by Gasteiger charge is 2.17. The predicted octanol–water partition coefficient (Wildman–Crippen LogP) is 1.62. The SMILES string of the molecule is CNS(=O)(=O)c1ccc(/C=C/C(=O)NCC(c2ccco2)N(C)C)cc1. The Kier molecular flexibility index (Phi) is 6.73. The van der Waals surface area contributed by atoms with Crippen molar-refractivity contribution in [3.63, 3.8) is 0 Å². The molecule has 1 aromatic carbocycles. The van der Waals surface area contributed by atoms with Crippen molar-refractivity contribution in [2.45, 2.75) is 10.9 Å². The van der Waals surface area contributed by atoms with Crippen molar-refractivity contribution in [2.75, 3.05) is 27.7 Å². The first-order valence-corrected chi connectivity index (χ1v) is 9.51. The highest BCUT2D eigenvalue weighted by Crippen LogP contribution is 2.17. The third kappa shape index (κ3) is 5.29. The molecular formula is C18H23N3O4S. The van der Waals surface area contributed by atoms with Crippen LogP contribution in [-0.2, 0) is 14.8 Å². The van der Waals surface area contributed by atoms with E-state index in [9.17, 15) is 13.2 Å². The van der Waals surface area contributed by atoms with E-state index in [4.69, 9.17) is 4.42 Å². The molecule has 2 rings (SSSR count). The fourth-order valence-electron chi connectivity index (χ4n) is 2.32. The second-order valence-electron chi connectivity index (χ2n) is 5.85. The Morgan fingerprint density at radius 2 is 1.92 bits per heavy atom. The molecule has 0 saturated carbocycles. The lowest BCUT2D eigenvalue weighted by Gasteiger charge is -2.22. The average molecular weight is 377 g/mol. The maximum Gasteiger partial charge on any atom is 0.244 e. The van der Waals surface area contributed by atoms with Crippen LogP contribution in [0.25, 0.3) is 6.08 Å². The molecule has 0 aliphatic rings. The van der Waals surface area contributed by atoms with E-state index in [2.05, 4.69) is 10.0 Å². The van der Waals surface area contributed by atoms with Crippen LogP contribution in [0.15, 0.2) is 58.1 Å². The number of likely N-dealkylation sites (N-methyl/N-ethyl adjacent to an activating group) is 1. The number of rotatable bonds is 8. The van der Waals surface area contributed by atoms with Crippen LogP contribution in [-0.4, -0.2) is 46.9 Å². The smallest absolute Gasteiger partial charge is 0.244 e. The lowest BCUT2D eigenvalue weighted by atomic mass is 10.2. The van der Waals surface area contributed by atoms with Crippen molar-refractivity contribution in [1.29, 1.82) is 0 Å². The summed E-state index contributed by atoms with van der Waals surface area (Å²) in [6, 6.07) is 9.87. The van der Waals surface area contributed by atoms with Gasteiger partial charge < -0.3 is 9.73 Å². The molecule has 1 heterocycles. The molecule has 1 unspecified atom stereocenters. The van der Waals surface area contributed by atoms with Gasteiger partial charge in [0.15, 0.2) is 0 Å². The lowest BCUT2D eigenvalue weighted by Crippen LogP contribution is -2.33. The van der Waals surface area contributed by atoms with Crippen molar-refractivity contribution in [1.82, 2.24) is 14.9 Å². The molecule has 1 aromatic heterocycles. The van der Waals surface area contributed by atoms with E-state index >= 15 is 0 Å². The maximum atomic E-state index is 12.0. The molecule has 8 heteroatoms. The Balaban J connectivity index is 1.95. The third-order valence-electron chi connectivity index (χ3n) is 3.85. The summed E-state index contributed by atoms with van der Waals surface area (Å²) in [5.74, 6) is 0.538. The second-order valence-corrected chi connectivity index (χ2v) is 7.74. The van der Waals surface area contributed by atoms with Gasteiger partial charge in [-0.3, -0.25) is 9.69 Å². The van der Waals surface area contributed by atoms with Gasteiger partial charge in [-0.15, -0.1) is 0 Å². The predicted molar refractivity (Wildman–Crippen MR) is 99.9 cm³/mol. The van der Waals surface area contributed by atoms with Crippen molar-refractivity contribution in [3.8, 4) is 0 Å². The Morgan fingerprint density at radius 3 is 2.46 bits per heavy atom. The van der Waals surface area contributed by atoms with Crippen molar-refractivity contribution >= 4 is 22.0 Å². The zero-order valence-electron chi connectivity index (χ0n) is 15.0. The molecule has 26 heavy (non-hydrogen) atoms. The van der Waals surface area contributed by atoms with Gasteiger partial charge in [-0.1, -0.05) is 12.1 Å². The molecule has 1 amide bonds. The van der Waals surface area contributed by atoms with Crippen molar-refractivity contribution in [3.05, 3.63) is 60.1 Å². The van der Waals surface area contributed by atoms with Crippen LogP contribution in [0.1, 0.15) is 17.4 Å². The molecule has 2 N–H and O–H groups in total. The minimum absolute atomic E-state index is 0.0617. The van der Waals surface area contributed by atoms with E-state index < -0.39 is 10.0 Å². The molecular weight excluding hydrogens is 354 g/mol. The number of nitrogens with zero attached hydrogens (tertiary/aromatic N) is 1. The highest BCUT2D eigenvalue weighted by atomic mass is 32.2. The number of nitrogens with one attached hydrogen (secondary N) is 2. The van der Waals surface area contributed by atoms with E-state index in [0.29, 0.717) is 6.54 Å². The van der Waals surface area contributed by atoms with Crippen LogP contribution in [0, 0.1) is 0 Å². The normalized spacial score (nSPS) is 13.2. The molecule has 0 spiro atoms. The van der Waals surface area contributed by atoms with Gasteiger partial charge in [0.2, 0.25) is 15.9 Å². The van der Waals surface area contributed by atoms with E-state index in [1.807, 2.05) is 31.1 Å². The maximum absolute atomic E-state index is 12.0. The molecule has 140 valence electrons. The summed E-state index contributed by atoms with van der Waals surface area (Å²) < 4.78 is 31.0. The number of benzene rings is 1. The van der Waals surface area contributed by atoms with Crippen LogP contribution in [0.3, 0.4) is 0 Å². The standard InChI is InChI=1S/C18H23N3O4S/c1-19-26(23,24)15-9-6-14(7-10-15)8-11-18(22)20-13-16(21(2)3)17-5-4-12-25-17/h4-12,16,19H,13H2,1-3H3,(H,20,22)/b11-8+. The average Bonchev–Trinajstić information content (AvgIpc) is 3.14.